The highest BCUT2D eigenvalue weighted by Gasteiger charge is 2.42. The molecule has 2 saturated heterocycles. The van der Waals surface area contributed by atoms with Crippen molar-refractivity contribution in [1.29, 1.82) is 0 Å². The predicted octanol–water partition coefficient (Wildman–Crippen LogP) is -0.784. The van der Waals surface area contributed by atoms with Crippen LogP contribution in [0.5, 0.6) is 0 Å². The van der Waals surface area contributed by atoms with E-state index in [2.05, 4.69) is 0 Å². The van der Waals surface area contributed by atoms with E-state index in [1.54, 1.807) is 11.0 Å². The first-order chi connectivity index (χ1) is 10.1. The summed E-state index contributed by atoms with van der Waals surface area (Å²) in [4.78, 5) is 39.1. The van der Waals surface area contributed by atoms with Gasteiger partial charge in [-0.15, -0.1) is 0 Å². The topological polar surface area (TPSA) is 109 Å². The van der Waals surface area contributed by atoms with Crippen LogP contribution in [0.15, 0.2) is 16.7 Å². The number of nitrogen functional groups attached to an aromatic ring is 1. The number of hydrogen-bond acceptors (Lipinski definition) is 5. The highest BCUT2D eigenvalue weighted by atomic mass is 16.3. The summed E-state index contributed by atoms with van der Waals surface area (Å²) in [6.07, 6.45) is 2.91. The Balaban J connectivity index is 1.79. The van der Waals surface area contributed by atoms with Gasteiger partial charge in [0.15, 0.2) is 5.76 Å². The van der Waals surface area contributed by atoms with E-state index in [0.717, 1.165) is 6.42 Å². The highest BCUT2D eigenvalue weighted by molar-refractivity contribution is 5.96. The standard InChI is InChI=1S/C13H16N4O4/c14-15-12(19)11-8(3-5-21-11)6-16-7-10(18)17-4-1-2-9(17)13(16)20/h3,5,9H,1-2,4,6-7,14H2,(H,15,19). The van der Waals surface area contributed by atoms with Gasteiger partial charge < -0.3 is 14.2 Å². The fourth-order valence-electron chi connectivity index (χ4n) is 2.93. The van der Waals surface area contributed by atoms with Crippen LogP contribution >= 0.6 is 0 Å². The van der Waals surface area contributed by atoms with Gasteiger partial charge in [-0.2, -0.15) is 0 Å². The van der Waals surface area contributed by atoms with E-state index in [-0.39, 0.29) is 36.7 Å². The Morgan fingerprint density at radius 3 is 3.05 bits per heavy atom. The Labute approximate surface area is 120 Å². The second-order valence-electron chi connectivity index (χ2n) is 5.19. The van der Waals surface area contributed by atoms with Crippen LogP contribution in [0, 0.1) is 0 Å². The van der Waals surface area contributed by atoms with Crippen LogP contribution in [0.25, 0.3) is 0 Å². The number of furan rings is 1. The Morgan fingerprint density at radius 1 is 1.48 bits per heavy atom. The third-order valence-corrected chi connectivity index (χ3v) is 3.94. The number of nitrogens with two attached hydrogens (primary N) is 1. The third-order valence-electron chi connectivity index (χ3n) is 3.94. The van der Waals surface area contributed by atoms with Crippen molar-refractivity contribution < 1.29 is 18.8 Å². The number of rotatable bonds is 3. The summed E-state index contributed by atoms with van der Waals surface area (Å²) in [5.41, 5.74) is 2.52. The smallest absolute Gasteiger partial charge is 0.301 e. The molecule has 0 radical (unpaired) electrons. The molecule has 3 N–H and O–H groups in total. The van der Waals surface area contributed by atoms with Gasteiger partial charge in [0.2, 0.25) is 11.8 Å². The van der Waals surface area contributed by atoms with E-state index in [0.29, 0.717) is 18.5 Å². The maximum absolute atomic E-state index is 12.4. The van der Waals surface area contributed by atoms with Crippen molar-refractivity contribution in [3.8, 4) is 0 Å². The molecule has 21 heavy (non-hydrogen) atoms. The number of carbonyl (C=O) groups excluding carboxylic acids is 3. The minimum Gasteiger partial charge on any atom is -0.459 e. The van der Waals surface area contributed by atoms with Crippen molar-refractivity contribution in [3.63, 3.8) is 0 Å². The van der Waals surface area contributed by atoms with Crippen molar-refractivity contribution in [1.82, 2.24) is 15.2 Å². The van der Waals surface area contributed by atoms with E-state index in [1.807, 2.05) is 5.43 Å². The molecule has 3 heterocycles. The third kappa shape index (κ3) is 2.27. The van der Waals surface area contributed by atoms with Gasteiger partial charge in [0.05, 0.1) is 12.8 Å². The summed E-state index contributed by atoms with van der Waals surface area (Å²) in [6, 6.07) is 1.24. The largest absolute Gasteiger partial charge is 0.459 e. The second kappa shape index (κ2) is 5.21. The molecule has 2 aliphatic rings. The van der Waals surface area contributed by atoms with Gasteiger partial charge in [-0.1, -0.05) is 0 Å². The average molecular weight is 292 g/mol. The second-order valence-corrected chi connectivity index (χ2v) is 5.19. The van der Waals surface area contributed by atoms with Gasteiger partial charge in [0.1, 0.15) is 12.6 Å². The molecule has 8 heteroatoms. The number of piperazine rings is 1. The first-order valence-electron chi connectivity index (χ1n) is 6.77. The van der Waals surface area contributed by atoms with Crippen molar-refractivity contribution in [2.45, 2.75) is 25.4 Å². The van der Waals surface area contributed by atoms with Crippen LogP contribution in [0.2, 0.25) is 0 Å². The maximum atomic E-state index is 12.4. The van der Waals surface area contributed by atoms with Crippen molar-refractivity contribution >= 4 is 17.7 Å². The number of nitrogens with one attached hydrogen (secondary N) is 1. The molecule has 1 atom stereocenters. The molecule has 1 aromatic rings. The van der Waals surface area contributed by atoms with Crippen LogP contribution < -0.4 is 11.3 Å². The van der Waals surface area contributed by atoms with Crippen LogP contribution in [0.1, 0.15) is 29.0 Å². The minimum absolute atomic E-state index is 0.0319. The van der Waals surface area contributed by atoms with Crippen LogP contribution in [-0.2, 0) is 16.1 Å². The zero-order valence-corrected chi connectivity index (χ0v) is 11.4. The van der Waals surface area contributed by atoms with Gasteiger partial charge in [0, 0.05) is 12.1 Å². The minimum atomic E-state index is -0.562. The monoisotopic (exact) mass is 292 g/mol. The predicted molar refractivity (Wildman–Crippen MR) is 70.5 cm³/mol. The molecule has 112 valence electrons. The van der Waals surface area contributed by atoms with E-state index in [9.17, 15) is 14.4 Å². The lowest BCUT2D eigenvalue weighted by Crippen LogP contribution is -2.56. The van der Waals surface area contributed by atoms with Crippen LogP contribution in [-0.4, -0.2) is 46.7 Å². The van der Waals surface area contributed by atoms with Gasteiger partial charge in [-0.05, 0) is 18.9 Å². The quantitative estimate of drug-likeness (QED) is 0.431. The van der Waals surface area contributed by atoms with E-state index in [4.69, 9.17) is 10.3 Å². The number of amides is 3. The Bertz CT molecular complexity index is 597. The SMILES string of the molecule is NNC(=O)c1occc1CN1CC(=O)N2CCCC2C1=O. The van der Waals surface area contributed by atoms with Gasteiger partial charge in [-0.3, -0.25) is 19.8 Å². The molecule has 1 unspecified atom stereocenters. The Kier molecular flexibility index (Phi) is 3.38. The summed E-state index contributed by atoms with van der Waals surface area (Å²) in [6.45, 7) is 0.841. The Hall–Kier alpha value is -2.35. The zero-order chi connectivity index (χ0) is 15.0. The van der Waals surface area contributed by atoms with Crippen molar-refractivity contribution in [3.05, 3.63) is 23.7 Å². The number of nitrogens with zero attached hydrogens (tertiary/aromatic N) is 2. The molecule has 3 amide bonds. The molecular weight excluding hydrogens is 276 g/mol. The number of fused-ring (bicyclic) bond motifs is 1. The molecule has 1 aromatic heterocycles. The number of carbonyl (C=O) groups is 3. The van der Waals surface area contributed by atoms with E-state index >= 15 is 0 Å². The van der Waals surface area contributed by atoms with Crippen molar-refractivity contribution in [2.75, 3.05) is 13.1 Å². The first kappa shape index (κ1) is 13.6. The Morgan fingerprint density at radius 2 is 2.29 bits per heavy atom. The number of hydrazine groups is 1. The molecule has 0 aromatic carbocycles. The lowest BCUT2D eigenvalue weighted by Gasteiger charge is -2.36. The van der Waals surface area contributed by atoms with Gasteiger partial charge >= 0.3 is 5.91 Å². The lowest BCUT2D eigenvalue weighted by molar-refractivity contribution is -0.154. The molecule has 2 fully saturated rings. The maximum Gasteiger partial charge on any atom is 0.301 e. The van der Waals surface area contributed by atoms with Crippen molar-refractivity contribution in [2.24, 2.45) is 5.84 Å². The molecule has 8 nitrogen and oxygen atoms in total. The molecule has 0 saturated carbocycles. The zero-order valence-electron chi connectivity index (χ0n) is 11.4. The molecular formula is C13H16N4O4. The molecule has 0 aliphatic carbocycles. The van der Waals surface area contributed by atoms with E-state index < -0.39 is 5.91 Å². The fourth-order valence-corrected chi connectivity index (χ4v) is 2.93. The molecule has 3 rings (SSSR count). The van der Waals surface area contributed by atoms with Crippen LogP contribution in [0.3, 0.4) is 0 Å². The van der Waals surface area contributed by atoms with Crippen LogP contribution in [0.4, 0.5) is 0 Å². The summed E-state index contributed by atoms with van der Waals surface area (Å²) in [5.74, 6) is 4.46. The highest BCUT2D eigenvalue weighted by Crippen LogP contribution is 2.25. The summed E-state index contributed by atoms with van der Waals surface area (Å²) >= 11 is 0. The molecule has 0 spiro atoms. The van der Waals surface area contributed by atoms with E-state index in [1.165, 1.54) is 11.2 Å². The normalized spacial score (nSPS) is 21.7. The summed E-state index contributed by atoms with van der Waals surface area (Å²) < 4.78 is 5.08. The number of hydrogen-bond donors (Lipinski definition) is 2. The first-order valence-corrected chi connectivity index (χ1v) is 6.77. The van der Waals surface area contributed by atoms with Gasteiger partial charge in [-0.25, -0.2) is 5.84 Å². The lowest BCUT2D eigenvalue weighted by atomic mass is 10.1. The molecule has 2 aliphatic heterocycles. The summed E-state index contributed by atoms with van der Waals surface area (Å²) in [7, 11) is 0. The van der Waals surface area contributed by atoms with Gasteiger partial charge in [0.25, 0.3) is 0 Å². The molecule has 0 bridgehead atoms. The fraction of sp³-hybridized carbons (Fsp3) is 0.462. The average Bonchev–Trinajstić information content (AvgIpc) is 3.12. The summed E-state index contributed by atoms with van der Waals surface area (Å²) in [5, 5.41) is 0.